The van der Waals surface area contributed by atoms with Gasteiger partial charge in [0.1, 0.15) is 18.1 Å². The van der Waals surface area contributed by atoms with Gasteiger partial charge in [0.2, 0.25) is 11.9 Å². The molecule has 2 aromatic rings. The fourth-order valence-electron chi connectivity index (χ4n) is 3.88. The fraction of sp³-hybridized carbons (Fsp3) is 0.588. The van der Waals surface area contributed by atoms with E-state index >= 15 is 0 Å². The highest BCUT2D eigenvalue weighted by Gasteiger charge is 2.44. The molecule has 2 aromatic heterocycles. The minimum absolute atomic E-state index is 0.0410. The van der Waals surface area contributed by atoms with Crippen molar-refractivity contribution in [1.82, 2.24) is 30.4 Å². The van der Waals surface area contributed by atoms with Crippen LogP contribution in [0.5, 0.6) is 0 Å². The second kappa shape index (κ2) is 6.67. The van der Waals surface area contributed by atoms with Crippen molar-refractivity contribution < 1.29 is 14.0 Å². The molecule has 1 aliphatic heterocycles. The summed E-state index contributed by atoms with van der Waals surface area (Å²) in [5.74, 6) is 2.00. The maximum absolute atomic E-state index is 12.9. The van der Waals surface area contributed by atoms with Gasteiger partial charge < -0.3 is 20.4 Å². The van der Waals surface area contributed by atoms with Crippen LogP contribution in [0.25, 0.3) is 0 Å². The highest BCUT2D eigenvalue weighted by Crippen LogP contribution is 2.41. The molecular formula is C17H23N7O3. The number of tetrazole rings is 1. The third-order valence-electron chi connectivity index (χ3n) is 5.35. The van der Waals surface area contributed by atoms with E-state index in [0.717, 1.165) is 18.6 Å². The number of aryl methyl sites for hydroxylation is 2. The zero-order chi connectivity index (χ0) is 19.1. The van der Waals surface area contributed by atoms with Crippen molar-refractivity contribution in [1.29, 1.82) is 0 Å². The van der Waals surface area contributed by atoms with Crippen LogP contribution >= 0.6 is 0 Å². The molecule has 2 aliphatic rings. The third-order valence-corrected chi connectivity index (χ3v) is 5.35. The SMILES string of the molecule is Cc1cc(C(=O)N2C[C@H](NC(=O)Cn3nnnc3N)[C@@H](C3CC3)C2)c(C)o1. The van der Waals surface area contributed by atoms with Crippen LogP contribution in [0, 0.1) is 25.7 Å². The first-order valence-corrected chi connectivity index (χ1v) is 9.09. The van der Waals surface area contributed by atoms with Gasteiger partial charge in [0, 0.05) is 19.0 Å². The average Bonchev–Trinajstić information content (AvgIpc) is 3.12. The molecule has 1 saturated carbocycles. The van der Waals surface area contributed by atoms with E-state index in [-0.39, 0.29) is 36.3 Å². The summed E-state index contributed by atoms with van der Waals surface area (Å²) in [5, 5.41) is 13.7. The number of nitrogens with zero attached hydrogens (tertiary/aromatic N) is 5. The molecule has 1 saturated heterocycles. The summed E-state index contributed by atoms with van der Waals surface area (Å²) < 4.78 is 6.74. The molecule has 3 N–H and O–H groups in total. The molecule has 0 aromatic carbocycles. The van der Waals surface area contributed by atoms with Crippen LogP contribution in [0.15, 0.2) is 10.5 Å². The summed E-state index contributed by atoms with van der Waals surface area (Å²) in [6, 6.07) is 1.69. The summed E-state index contributed by atoms with van der Waals surface area (Å²) >= 11 is 0. The van der Waals surface area contributed by atoms with E-state index in [9.17, 15) is 9.59 Å². The van der Waals surface area contributed by atoms with Crippen LogP contribution in [0.2, 0.25) is 0 Å². The van der Waals surface area contributed by atoms with Crippen molar-refractivity contribution >= 4 is 17.8 Å². The molecule has 4 rings (SSSR count). The number of nitrogens with two attached hydrogens (primary N) is 1. The van der Waals surface area contributed by atoms with Gasteiger partial charge in [0.25, 0.3) is 5.91 Å². The molecular weight excluding hydrogens is 350 g/mol. The molecule has 2 amide bonds. The van der Waals surface area contributed by atoms with Gasteiger partial charge in [-0.3, -0.25) is 9.59 Å². The normalized spacial score (nSPS) is 22.2. The van der Waals surface area contributed by atoms with Crippen molar-refractivity contribution in [3.05, 3.63) is 23.2 Å². The maximum atomic E-state index is 12.9. The number of nitrogens with one attached hydrogen (secondary N) is 1. The van der Waals surface area contributed by atoms with Crippen LogP contribution in [0.4, 0.5) is 5.95 Å². The minimum atomic E-state index is -0.214. The number of hydrogen-bond acceptors (Lipinski definition) is 7. The topological polar surface area (TPSA) is 132 Å². The predicted molar refractivity (Wildman–Crippen MR) is 94.5 cm³/mol. The summed E-state index contributed by atoms with van der Waals surface area (Å²) in [4.78, 5) is 27.1. The number of carbonyl (C=O) groups excluding carboxylic acids is 2. The lowest BCUT2D eigenvalue weighted by Crippen LogP contribution is -2.43. The molecule has 2 atom stereocenters. The van der Waals surface area contributed by atoms with Crippen molar-refractivity contribution in [3.8, 4) is 0 Å². The minimum Gasteiger partial charge on any atom is -0.466 e. The lowest BCUT2D eigenvalue weighted by Gasteiger charge is -2.19. The lowest BCUT2D eigenvalue weighted by atomic mass is 9.98. The first kappa shape index (κ1) is 17.5. The quantitative estimate of drug-likeness (QED) is 0.761. The van der Waals surface area contributed by atoms with E-state index in [4.69, 9.17) is 10.2 Å². The molecule has 2 fully saturated rings. The zero-order valence-electron chi connectivity index (χ0n) is 15.4. The summed E-state index contributed by atoms with van der Waals surface area (Å²) in [5.41, 5.74) is 6.20. The summed E-state index contributed by atoms with van der Waals surface area (Å²) in [6.45, 7) is 4.71. The van der Waals surface area contributed by atoms with Crippen molar-refractivity contribution in [2.24, 2.45) is 11.8 Å². The number of amides is 2. The number of carbonyl (C=O) groups is 2. The number of hydrogen-bond donors (Lipinski definition) is 2. The van der Waals surface area contributed by atoms with Crippen LogP contribution < -0.4 is 11.1 Å². The Morgan fingerprint density at radius 2 is 2.11 bits per heavy atom. The van der Waals surface area contributed by atoms with Gasteiger partial charge in [-0.15, -0.1) is 0 Å². The highest BCUT2D eigenvalue weighted by molar-refractivity contribution is 5.95. The number of likely N-dealkylation sites (tertiary alicyclic amines) is 1. The average molecular weight is 373 g/mol. The monoisotopic (exact) mass is 373 g/mol. The van der Waals surface area contributed by atoms with Gasteiger partial charge in [0.05, 0.1) is 11.6 Å². The standard InChI is InChI=1S/C17H23N7O3/c1-9-5-12(10(2)27-9)16(26)23-6-13(11-3-4-11)14(7-23)19-15(25)8-24-17(18)20-21-22-24/h5,11,13-14H,3-4,6-8H2,1-2H3,(H,19,25)(H2,18,20,22)/t13-,14+/m1/s1. The molecule has 10 nitrogen and oxygen atoms in total. The van der Waals surface area contributed by atoms with E-state index in [0.29, 0.717) is 30.3 Å². The second-order valence-corrected chi connectivity index (χ2v) is 7.41. The maximum Gasteiger partial charge on any atom is 0.257 e. The second-order valence-electron chi connectivity index (χ2n) is 7.41. The van der Waals surface area contributed by atoms with E-state index < -0.39 is 0 Å². The predicted octanol–water partition coefficient (Wildman–Crippen LogP) is 0.132. The number of rotatable bonds is 5. The van der Waals surface area contributed by atoms with E-state index in [2.05, 4.69) is 20.8 Å². The Labute approximate surface area is 156 Å². The molecule has 27 heavy (non-hydrogen) atoms. The van der Waals surface area contributed by atoms with Crippen LogP contribution in [0.1, 0.15) is 34.7 Å². The molecule has 1 aliphatic carbocycles. The first-order chi connectivity index (χ1) is 12.9. The molecule has 0 radical (unpaired) electrons. The van der Waals surface area contributed by atoms with Crippen molar-refractivity contribution in [2.75, 3.05) is 18.8 Å². The number of anilines is 1. The van der Waals surface area contributed by atoms with Crippen molar-refractivity contribution in [3.63, 3.8) is 0 Å². The lowest BCUT2D eigenvalue weighted by molar-refractivity contribution is -0.122. The Hall–Kier alpha value is -2.91. The Bertz CT molecular complexity index is 870. The van der Waals surface area contributed by atoms with E-state index in [1.165, 1.54) is 4.68 Å². The van der Waals surface area contributed by atoms with Crippen LogP contribution in [-0.4, -0.2) is 56.1 Å². The Morgan fingerprint density at radius 1 is 1.33 bits per heavy atom. The summed E-state index contributed by atoms with van der Waals surface area (Å²) in [7, 11) is 0. The molecule has 0 spiro atoms. The number of furan rings is 1. The molecule has 0 unspecified atom stereocenters. The van der Waals surface area contributed by atoms with Crippen LogP contribution in [0.3, 0.4) is 0 Å². The molecule has 144 valence electrons. The summed E-state index contributed by atoms with van der Waals surface area (Å²) in [6.07, 6.45) is 2.28. The van der Waals surface area contributed by atoms with Crippen LogP contribution in [-0.2, 0) is 11.3 Å². The molecule has 0 bridgehead atoms. The molecule has 10 heteroatoms. The fourth-order valence-corrected chi connectivity index (χ4v) is 3.88. The first-order valence-electron chi connectivity index (χ1n) is 9.09. The van der Waals surface area contributed by atoms with E-state index in [1.54, 1.807) is 13.0 Å². The number of aromatic nitrogens is 4. The molecule has 3 heterocycles. The smallest absolute Gasteiger partial charge is 0.257 e. The van der Waals surface area contributed by atoms with Gasteiger partial charge >= 0.3 is 0 Å². The largest absolute Gasteiger partial charge is 0.466 e. The van der Waals surface area contributed by atoms with Gasteiger partial charge in [-0.25, -0.2) is 4.68 Å². The Balaban J connectivity index is 1.44. The van der Waals surface area contributed by atoms with Gasteiger partial charge in [-0.05, 0) is 49.1 Å². The third kappa shape index (κ3) is 3.51. The van der Waals surface area contributed by atoms with Gasteiger partial charge in [-0.1, -0.05) is 5.10 Å². The van der Waals surface area contributed by atoms with Crippen molar-refractivity contribution in [2.45, 2.75) is 39.3 Å². The zero-order valence-corrected chi connectivity index (χ0v) is 15.4. The Morgan fingerprint density at radius 3 is 2.70 bits per heavy atom. The van der Waals surface area contributed by atoms with Gasteiger partial charge in [0.15, 0.2) is 0 Å². The van der Waals surface area contributed by atoms with E-state index in [1.807, 2.05) is 11.8 Å². The number of nitrogen functional groups attached to an aromatic ring is 1. The Kier molecular flexibility index (Phi) is 4.33. The highest BCUT2D eigenvalue weighted by atomic mass is 16.3. The van der Waals surface area contributed by atoms with Gasteiger partial charge in [-0.2, -0.15) is 0 Å².